The molecule has 0 radical (unpaired) electrons. The second kappa shape index (κ2) is 1.97. The molecule has 0 amide bonds. The predicted molar refractivity (Wildman–Crippen MR) is 33.5 cm³/mol. The van der Waals surface area contributed by atoms with Gasteiger partial charge in [-0.05, 0) is 19.3 Å². The highest BCUT2D eigenvalue weighted by Gasteiger charge is 2.62. The Labute approximate surface area is 57.5 Å². The summed E-state index contributed by atoms with van der Waals surface area (Å²) in [6.45, 7) is 0. The number of rotatable bonds is 2. The molecule has 0 aromatic carbocycles. The van der Waals surface area contributed by atoms with E-state index in [1.54, 1.807) is 0 Å². The molecule has 1 rings (SSSR count). The summed E-state index contributed by atoms with van der Waals surface area (Å²) in [4.78, 5) is 21.0. The van der Waals surface area contributed by atoms with Gasteiger partial charge in [-0.15, -0.1) is 0 Å². The fourth-order valence-electron chi connectivity index (χ4n) is 1.09. The first-order valence-corrected chi connectivity index (χ1v) is 3.12. The van der Waals surface area contributed by atoms with Crippen LogP contribution in [0.4, 0.5) is 0 Å². The summed E-state index contributed by atoms with van der Waals surface area (Å²) in [5.74, 6) is -1.78. The van der Waals surface area contributed by atoms with E-state index in [1.807, 2.05) is 0 Å². The van der Waals surface area contributed by atoms with Crippen molar-refractivity contribution in [2.75, 3.05) is 0 Å². The summed E-state index contributed by atoms with van der Waals surface area (Å²) < 4.78 is 0. The summed E-state index contributed by atoms with van der Waals surface area (Å²) in [5, 5.41) is 13.5. The molecule has 0 saturated heterocycles. The molecule has 0 heterocycles. The standard InChI is InChI=1S/C6H8O4/c7-4(8)6(5(9)10)2-1-3-6/h1-3H2,(H,7,8)(H,9,10)/p+2. The van der Waals surface area contributed by atoms with Gasteiger partial charge in [-0.2, -0.15) is 0 Å². The van der Waals surface area contributed by atoms with E-state index >= 15 is 0 Å². The van der Waals surface area contributed by atoms with E-state index < -0.39 is 17.4 Å². The summed E-state index contributed by atoms with van der Waals surface area (Å²) in [6.07, 6.45) is 1.59. The quantitative estimate of drug-likeness (QED) is 0.357. The van der Waals surface area contributed by atoms with Crippen LogP contribution in [-0.2, 0) is 9.59 Å². The molecule has 0 aromatic rings. The third-order valence-corrected chi connectivity index (χ3v) is 2.08. The first kappa shape index (κ1) is 7.05. The number of carbonyl (C=O) groups excluding carboxylic acids is 2. The molecular formula is C6H10O4+2. The lowest BCUT2D eigenvalue weighted by molar-refractivity contribution is -0.171. The van der Waals surface area contributed by atoms with Crippen LogP contribution in [0.5, 0.6) is 0 Å². The van der Waals surface area contributed by atoms with E-state index in [1.165, 1.54) is 0 Å². The van der Waals surface area contributed by atoms with Crippen molar-refractivity contribution >= 4 is 11.9 Å². The van der Waals surface area contributed by atoms with E-state index in [0.29, 0.717) is 12.8 Å². The van der Waals surface area contributed by atoms with Crippen molar-refractivity contribution in [3.05, 3.63) is 0 Å². The zero-order valence-corrected chi connectivity index (χ0v) is 5.44. The fourth-order valence-corrected chi connectivity index (χ4v) is 1.09. The average molecular weight is 146 g/mol. The fraction of sp³-hybridized carbons (Fsp3) is 0.667. The number of carbonyl (C=O) groups is 2. The molecule has 0 bridgehead atoms. The molecule has 0 atom stereocenters. The van der Waals surface area contributed by atoms with Crippen molar-refractivity contribution in [2.45, 2.75) is 19.3 Å². The van der Waals surface area contributed by atoms with Crippen LogP contribution in [0.25, 0.3) is 0 Å². The topological polar surface area (TPSA) is 79.9 Å². The Morgan fingerprint density at radius 2 is 1.50 bits per heavy atom. The summed E-state index contributed by atoms with van der Waals surface area (Å²) >= 11 is 0. The smallest absolute Gasteiger partial charge is 0.539 e. The SMILES string of the molecule is O=C([OH2+])C1(C(=O)[OH2+])CCC1. The Balaban J connectivity index is 2.78. The van der Waals surface area contributed by atoms with Crippen LogP contribution in [-0.4, -0.2) is 22.2 Å². The highest BCUT2D eigenvalue weighted by molar-refractivity contribution is 5.99. The second-order valence-electron chi connectivity index (χ2n) is 2.59. The first-order valence-electron chi connectivity index (χ1n) is 3.12. The van der Waals surface area contributed by atoms with Gasteiger partial charge in [0.15, 0.2) is 0 Å². The maximum atomic E-state index is 10.5. The molecule has 0 unspecified atom stereocenters. The number of hydrogen-bond acceptors (Lipinski definition) is 2. The van der Waals surface area contributed by atoms with Gasteiger partial charge >= 0.3 is 11.9 Å². The van der Waals surface area contributed by atoms with Gasteiger partial charge in [0.2, 0.25) is 0 Å². The van der Waals surface area contributed by atoms with Crippen LogP contribution in [0.15, 0.2) is 0 Å². The molecule has 4 N–H and O–H groups in total. The van der Waals surface area contributed by atoms with E-state index in [-0.39, 0.29) is 0 Å². The minimum Gasteiger partial charge on any atom is -0.564 e. The second-order valence-corrected chi connectivity index (χ2v) is 2.59. The lowest BCUT2D eigenvalue weighted by Crippen LogP contribution is -2.44. The third kappa shape index (κ3) is 0.683. The molecule has 10 heavy (non-hydrogen) atoms. The summed E-state index contributed by atoms with van der Waals surface area (Å²) in [5.41, 5.74) is -1.22. The molecule has 1 fully saturated rings. The molecule has 1 aliphatic carbocycles. The average Bonchev–Trinajstić information content (AvgIpc) is 1.57. The number of hydrogen-bond donors (Lipinski definition) is 0. The van der Waals surface area contributed by atoms with Gasteiger partial charge in [0.1, 0.15) is 0 Å². The zero-order chi connectivity index (χ0) is 7.78. The molecule has 56 valence electrons. The predicted octanol–water partition coefficient (Wildman–Crippen LogP) is -1.34. The molecule has 1 saturated carbocycles. The van der Waals surface area contributed by atoms with Gasteiger partial charge in [-0.1, -0.05) is 0 Å². The van der Waals surface area contributed by atoms with E-state index in [4.69, 9.17) is 10.2 Å². The summed E-state index contributed by atoms with van der Waals surface area (Å²) in [6, 6.07) is 0. The van der Waals surface area contributed by atoms with Gasteiger partial charge < -0.3 is 10.2 Å². The van der Waals surface area contributed by atoms with Crippen molar-refractivity contribution in [1.29, 1.82) is 0 Å². The third-order valence-electron chi connectivity index (χ3n) is 2.08. The Morgan fingerprint density at radius 3 is 1.50 bits per heavy atom. The lowest BCUT2D eigenvalue weighted by Gasteiger charge is -2.25. The Hall–Kier alpha value is -1.06. The van der Waals surface area contributed by atoms with Gasteiger partial charge in [-0.3, -0.25) is 0 Å². The van der Waals surface area contributed by atoms with Gasteiger partial charge in [0.25, 0.3) is 5.41 Å². The minimum atomic E-state index is -1.22. The van der Waals surface area contributed by atoms with Crippen LogP contribution in [0.3, 0.4) is 0 Å². The Bertz CT molecular complexity index is 164. The lowest BCUT2D eigenvalue weighted by atomic mass is 9.69. The zero-order valence-electron chi connectivity index (χ0n) is 5.44. The van der Waals surface area contributed by atoms with Crippen LogP contribution in [0.1, 0.15) is 19.3 Å². The Kier molecular flexibility index (Phi) is 1.39. The molecular weight excluding hydrogens is 136 g/mol. The van der Waals surface area contributed by atoms with Crippen molar-refractivity contribution in [3.8, 4) is 0 Å². The minimum absolute atomic E-state index is 0.400. The molecule has 4 heteroatoms. The molecule has 0 spiro atoms. The van der Waals surface area contributed by atoms with Crippen molar-refractivity contribution in [2.24, 2.45) is 5.41 Å². The van der Waals surface area contributed by atoms with Crippen molar-refractivity contribution in [3.63, 3.8) is 0 Å². The van der Waals surface area contributed by atoms with Gasteiger partial charge in [-0.25, -0.2) is 0 Å². The molecule has 4 nitrogen and oxygen atoms in total. The summed E-state index contributed by atoms with van der Waals surface area (Å²) in [7, 11) is 0. The van der Waals surface area contributed by atoms with Crippen LogP contribution < -0.4 is 0 Å². The van der Waals surface area contributed by atoms with E-state index in [9.17, 15) is 9.59 Å². The normalized spacial score (nSPS) is 21.2. The largest absolute Gasteiger partial charge is 0.564 e. The Morgan fingerprint density at radius 1 is 1.10 bits per heavy atom. The maximum Gasteiger partial charge on any atom is 0.539 e. The molecule has 1 aliphatic rings. The van der Waals surface area contributed by atoms with Crippen molar-refractivity contribution < 1.29 is 19.8 Å². The molecule has 0 aromatic heterocycles. The monoisotopic (exact) mass is 146 g/mol. The highest BCUT2D eigenvalue weighted by Crippen LogP contribution is 2.41. The van der Waals surface area contributed by atoms with Gasteiger partial charge in [0.05, 0.1) is 0 Å². The molecule has 0 aliphatic heterocycles. The highest BCUT2D eigenvalue weighted by atomic mass is 16.4. The maximum absolute atomic E-state index is 10.5. The van der Waals surface area contributed by atoms with Crippen molar-refractivity contribution in [1.82, 2.24) is 0 Å². The van der Waals surface area contributed by atoms with Crippen LogP contribution in [0.2, 0.25) is 0 Å². The van der Waals surface area contributed by atoms with E-state index in [0.717, 1.165) is 6.42 Å². The van der Waals surface area contributed by atoms with Gasteiger partial charge in [0, 0.05) is 9.59 Å². The van der Waals surface area contributed by atoms with E-state index in [2.05, 4.69) is 0 Å². The van der Waals surface area contributed by atoms with Crippen LogP contribution >= 0.6 is 0 Å². The first-order chi connectivity index (χ1) is 4.59. The van der Waals surface area contributed by atoms with Crippen LogP contribution in [0, 0.1) is 5.41 Å².